The number of nitrogens with zero attached hydrogens (tertiary/aromatic N) is 4. The second-order valence-electron chi connectivity index (χ2n) is 2.79. The maximum absolute atomic E-state index is 3.94. The van der Waals surface area contributed by atoms with Gasteiger partial charge in [0, 0.05) is 12.1 Å². The molecule has 0 unspecified atom stereocenters. The van der Waals surface area contributed by atoms with Gasteiger partial charge in [0.25, 0.3) is 0 Å². The summed E-state index contributed by atoms with van der Waals surface area (Å²) in [7, 11) is 0. The van der Waals surface area contributed by atoms with Crippen molar-refractivity contribution in [1.29, 1.82) is 0 Å². The fourth-order valence-corrected chi connectivity index (χ4v) is 1.21. The molecule has 2 rings (SSSR count). The normalized spacial score (nSPS) is 10.1. The number of hydrogen-bond acceptors (Lipinski definition) is 4. The summed E-state index contributed by atoms with van der Waals surface area (Å²) in [6.07, 6.45) is 0. The molecule has 1 heterocycles. The van der Waals surface area contributed by atoms with Gasteiger partial charge in [0.1, 0.15) is 0 Å². The van der Waals surface area contributed by atoms with E-state index in [1.165, 1.54) is 0 Å². The van der Waals surface area contributed by atoms with E-state index in [9.17, 15) is 0 Å². The van der Waals surface area contributed by atoms with Gasteiger partial charge < -0.3 is 5.43 Å². The van der Waals surface area contributed by atoms with E-state index in [0.717, 1.165) is 17.9 Å². The quantitative estimate of drug-likeness (QED) is 0.779. The molecule has 72 valence electrons. The lowest BCUT2D eigenvalue weighted by molar-refractivity contribution is 0.703. The average Bonchev–Trinajstić information content (AvgIpc) is 2.68. The molecular formula is C9H11N5. The van der Waals surface area contributed by atoms with Gasteiger partial charge in [-0.3, -0.25) is 0 Å². The van der Waals surface area contributed by atoms with Crippen molar-refractivity contribution >= 4 is 0 Å². The lowest BCUT2D eigenvalue weighted by Crippen LogP contribution is -2.16. The van der Waals surface area contributed by atoms with Crippen LogP contribution in [-0.2, 0) is 0 Å². The summed E-state index contributed by atoms with van der Waals surface area (Å²) in [5.41, 5.74) is 4.03. The molecule has 5 nitrogen and oxygen atoms in total. The number of tetrazole rings is 1. The summed E-state index contributed by atoms with van der Waals surface area (Å²) >= 11 is 0. The molecule has 1 N–H and O–H groups in total. The first-order valence-electron chi connectivity index (χ1n) is 4.49. The molecule has 14 heavy (non-hydrogen) atoms. The molecule has 5 heteroatoms. The smallest absolute Gasteiger partial charge is 0.204 e. The average molecular weight is 189 g/mol. The Kier molecular flexibility index (Phi) is 2.40. The Bertz CT molecular complexity index is 395. The van der Waals surface area contributed by atoms with Crippen molar-refractivity contribution in [2.45, 2.75) is 6.92 Å². The molecule has 0 aliphatic rings. The highest BCUT2D eigenvalue weighted by molar-refractivity contribution is 5.54. The van der Waals surface area contributed by atoms with Crippen LogP contribution in [-0.4, -0.2) is 26.9 Å². The van der Waals surface area contributed by atoms with Crippen molar-refractivity contribution in [3.63, 3.8) is 0 Å². The summed E-state index contributed by atoms with van der Waals surface area (Å²) in [5, 5.41) is 11.4. The molecule has 0 bridgehead atoms. The van der Waals surface area contributed by atoms with Crippen LogP contribution in [0.25, 0.3) is 11.4 Å². The molecule has 0 saturated carbocycles. The van der Waals surface area contributed by atoms with E-state index in [-0.39, 0.29) is 0 Å². The van der Waals surface area contributed by atoms with Gasteiger partial charge in [-0.2, -0.15) is 0 Å². The topological polar surface area (TPSA) is 55.6 Å². The first kappa shape index (κ1) is 8.68. The summed E-state index contributed by atoms with van der Waals surface area (Å²) in [4.78, 5) is 1.58. The van der Waals surface area contributed by atoms with Crippen LogP contribution in [0.15, 0.2) is 30.3 Å². The van der Waals surface area contributed by atoms with E-state index in [1.807, 2.05) is 37.3 Å². The van der Waals surface area contributed by atoms with Crippen molar-refractivity contribution in [2.24, 2.45) is 0 Å². The lowest BCUT2D eigenvalue weighted by Gasteiger charge is -2.04. The van der Waals surface area contributed by atoms with Crippen LogP contribution >= 0.6 is 0 Å². The van der Waals surface area contributed by atoms with Gasteiger partial charge in [0.15, 0.2) is 0 Å². The van der Waals surface area contributed by atoms with E-state index >= 15 is 0 Å². The van der Waals surface area contributed by atoms with Crippen LogP contribution in [0.2, 0.25) is 0 Å². The van der Waals surface area contributed by atoms with Crippen molar-refractivity contribution < 1.29 is 0 Å². The predicted octanol–water partition coefficient (Wildman–Crippen LogP) is 0.903. The predicted molar refractivity (Wildman–Crippen MR) is 53.2 cm³/mol. The number of aromatic nitrogens is 4. The Morgan fingerprint density at radius 2 is 2.07 bits per heavy atom. The first-order chi connectivity index (χ1) is 6.92. The summed E-state index contributed by atoms with van der Waals surface area (Å²) < 4.78 is 0. The maximum Gasteiger partial charge on any atom is 0.204 e. The number of rotatable bonds is 3. The first-order valence-corrected chi connectivity index (χ1v) is 4.49. The van der Waals surface area contributed by atoms with Crippen LogP contribution in [0.1, 0.15) is 6.92 Å². The van der Waals surface area contributed by atoms with Crippen LogP contribution in [0.3, 0.4) is 0 Å². The standard InChI is InChI=1S/C9H11N5/c1-2-10-14-9(11-12-13-14)8-6-4-3-5-7-8/h3-7,10H,2H2,1H3. The molecule has 0 atom stereocenters. The van der Waals surface area contributed by atoms with Crippen LogP contribution < -0.4 is 5.43 Å². The molecule has 2 aromatic rings. The highest BCUT2D eigenvalue weighted by Gasteiger charge is 2.06. The van der Waals surface area contributed by atoms with Gasteiger partial charge in [-0.25, -0.2) is 0 Å². The van der Waals surface area contributed by atoms with Crippen molar-refractivity contribution in [2.75, 3.05) is 12.0 Å². The van der Waals surface area contributed by atoms with E-state index in [4.69, 9.17) is 0 Å². The molecule has 0 spiro atoms. The summed E-state index contributed by atoms with van der Waals surface area (Å²) in [6.45, 7) is 2.78. The van der Waals surface area contributed by atoms with Crippen molar-refractivity contribution in [1.82, 2.24) is 20.3 Å². The van der Waals surface area contributed by atoms with Crippen LogP contribution in [0.5, 0.6) is 0 Å². The molecule has 0 aliphatic carbocycles. The van der Waals surface area contributed by atoms with Gasteiger partial charge in [-0.05, 0) is 17.4 Å². The number of nitrogens with one attached hydrogen (secondary N) is 1. The molecule has 1 aromatic heterocycles. The Morgan fingerprint density at radius 3 is 2.79 bits per heavy atom. The molecule has 0 radical (unpaired) electrons. The lowest BCUT2D eigenvalue weighted by atomic mass is 10.2. The summed E-state index contributed by atoms with van der Waals surface area (Å²) in [5.74, 6) is 0.729. The van der Waals surface area contributed by atoms with Crippen LogP contribution in [0.4, 0.5) is 0 Å². The second kappa shape index (κ2) is 3.87. The van der Waals surface area contributed by atoms with E-state index < -0.39 is 0 Å². The summed E-state index contributed by atoms with van der Waals surface area (Å²) in [6, 6.07) is 9.82. The minimum absolute atomic E-state index is 0.729. The van der Waals surface area contributed by atoms with Crippen LogP contribution in [0, 0.1) is 0 Å². The van der Waals surface area contributed by atoms with Crippen molar-refractivity contribution in [3.05, 3.63) is 30.3 Å². The van der Waals surface area contributed by atoms with Gasteiger partial charge in [0.2, 0.25) is 5.82 Å². The molecule has 0 amide bonds. The third-order valence-electron chi connectivity index (χ3n) is 1.81. The zero-order valence-electron chi connectivity index (χ0n) is 7.88. The minimum Gasteiger partial charge on any atom is -0.307 e. The van der Waals surface area contributed by atoms with Gasteiger partial charge in [-0.1, -0.05) is 30.3 Å². The number of hydrogen-bond donors (Lipinski definition) is 1. The third kappa shape index (κ3) is 1.56. The fraction of sp³-hybridized carbons (Fsp3) is 0.222. The Morgan fingerprint density at radius 1 is 1.29 bits per heavy atom. The minimum atomic E-state index is 0.729. The Balaban J connectivity index is 2.37. The largest absolute Gasteiger partial charge is 0.307 e. The van der Waals surface area contributed by atoms with E-state index in [2.05, 4.69) is 21.0 Å². The molecular weight excluding hydrogens is 178 g/mol. The highest BCUT2D eigenvalue weighted by atomic mass is 15.7. The van der Waals surface area contributed by atoms with Gasteiger partial charge >= 0.3 is 0 Å². The highest BCUT2D eigenvalue weighted by Crippen LogP contribution is 2.12. The van der Waals surface area contributed by atoms with E-state index in [0.29, 0.717) is 0 Å². The second-order valence-corrected chi connectivity index (χ2v) is 2.79. The molecule has 0 saturated heterocycles. The zero-order valence-corrected chi connectivity index (χ0v) is 7.88. The monoisotopic (exact) mass is 189 g/mol. The zero-order chi connectivity index (χ0) is 9.80. The molecule has 1 aromatic carbocycles. The Labute approximate surface area is 81.7 Å². The van der Waals surface area contributed by atoms with Gasteiger partial charge in [0.05, 0.1) is 0 Å². The third-order valence-corrected chi connectivity index (χ3v) is 1.81. The van der Waals surface area contributed by atoms with Gasteiger partial charge in [-0.15, -0.1) is 9.89 Å². The van der Waals surface area contributed by atoms with E-state index in [1.54, 1.807) is 4.79 Å². The molecule has 0 aliphatic heterocycles. The number of benzene rings is 1. The Hall–Kier alpha value is -1.91. The van der Waals surface area contributed by atoms with Crippen molar-refractivity contribution in [3.8, 4) is 11.4 Å². The molecule has 0 fully saturated rings. The maximum atomic E-state index is 3.94. The fourth-order valence-electron chi connectivity index (χ4n) is 1.21. The SMILES string of the molecule is CCNn1nnnc1-c1ccccc1.